The van der Waals surface area contributed by atoms with Gasteiger partial charge in [-0.05, 0) is 218 Å². The quantitative estimate of drug-likeness (QED) is 0.0627. The Morgan fingerprint density at radius 1 is 0.262 bits per heavy atom. The van der Waals surface area contributed by atoms with Crippen molar-refractivity contribution in [3.63, 3.8) is 0 Å². The summed E-state index contributed by atoms with van der Waals surface area (Å²) in [4.78, 5) is 0. The molecule has 3 aliphatic rings. The number of aliphatic hydroxyl groups is 2. The molecule has 0 amide bonds. The SMILES string of the molecule is CC(C)CCCC(C)CCCC(C)CCCC(OC(C)(CCCC(C)CCCC(C)CCCC(C)C)C1CCC(O)C(C)(CCCC(C)CCCC(C)CCCC(C)C)O1)C1CCC(C(C)(CCCC(C)CCCC(C)CCCC(C)C)OC(C)(CCCC(C)CCCC(C)CCCC(C)C)C2CCC(C(C)(O)CCCC(C)CCCC(C)CCCC(C)C)O2)O1. The molecule has 7 heteroatoms. The Labute approximate surface area is 792 Å². The van der Waals surface area contributed by atoms with Crippen molar-refractivity contribution in [2.24, 2.45) is 107 Å². The minimum Gasteiger partial charge on any atom is -0.390 e. The molecular weight excluding hydrogens is 1540 g/mol. The second-order valence-electron chi connectivity index (χ2n) is 50.7. The van der Waals surface area contributed by atoms with Crippen LogP contribution in [0.1, 0.15) is 586 Å². The van der Waals surface area contributed by atoms with Crippen LogP contribution in [0.3, 0.4) is 0 Å². The van der Waals surface area contributed by atoms with Gasteiger partial charge in [-0.2, -0.15) is 0 Å². The van der Waals surface area contributed by atoms with Crippen LogP contribution < -0.4 is 0 Å². The Morgan fingerprint density at radius 3 is 0.794 bits per heavy atom. The monoisotopic (exact) mass is 1780 g/mol. The van der Waals surface area contributed by atoms with Crippen LogP contribution in [0, 0.1) is 107 Å². The standard InChI is InChI=1S/C119H234O7/c1-90(2)48-30-54-96(13)60-36-66-102(19)72-42-78-109(124-117(27,87-45-75-105(22)69-39-63-99(16)57-33-51-93(7)8)114-82-80-110(120)116(26,125-114)86-44-74-104(21)68-38-62-98(15)56-32-50-92(5)6)108-79-81-112(122-108)118(28,88-46-76-106(23)70-40-64-100(17)58-34-52-94(9)10)126-119(29,89-47-77-107(24)71-41-65-101(18)59-35-53-95(11)12)113-84-83-111(123-113)115(25,121)85-43-73-103(20)67-37-61-97(14)55-31-49-91(3)4/h90-114,120-121H,30-89H2,1-29H3. The summed E-state index contributed by atoms with van der Waals surface area (Å²) >= 11 is 0. The van der Waals surface area contributed by atoms with Gasteiger partial charge in [0.25, 0.3) is 0 Å². The van der Waals surface area contributed by atoms with Gasteiger partial charge in [0.2, 0.25) is 0 Å². The van der Waals surface area contributed by atoms with Gasteiger partial charge in [0.15, 0.2) is 0 Å². The van der Waals surface area contributed by atoms with Gasteiger partial charge in [-0.25, -0.2) is 0 Å². The van der Waals surface area contributed by atoms with Crippen molar-refractivity contribution in [3.05, 3.63) is 0 Å². The maximum absolute atomic E-state index is 12.8. The molecule has 3 saturated heterocycles. The van der Waals surface area contributed by atoms with Gasteiger partial charge in [0, 0.05) is 0 Å². The third kappa shape index (κ3) is 54.0. The molecule has 3 rings (SSSR count). The van der Waals surface area contributed by atoms with E-state index in [9.17, 15) is 10.2 Å². The summed E-state index contributed by atoms with van der Waals surface area (Å²) in [5.74, 6) is 13.5. The molecular formula is C119H234O7. The molecule has 3 aliphatic heterocycles. The van der Waals surface area contributed by atoms with Crippen molar-refractivity contribution in [3.8, 4) is 0 Å². The molecule has 7 nitrogen and oxygen atoms in total. The van der Waals surface area contributed by atoms with Gasteiger partial charge in [0.05, 0.1) is 70.7 Å². The van der Waals surface area contributed by atoms with Gasteiger partial charge in [-0.3, -0.25) is 0 Å². The summed E-state index contributed by atoms with van der Waals surface area (Å²) in [6.07, 6.45) is 71.2. The van der Waals surface area contributed by atoms with E-state index < -0.39 is 34.1 Å². The highest BCUT2D eigenvalue weighted by atomic mass is 16.6. The van der Waals surface area contributed by atoms with Crippen LogP contribution in [-0.4, -0.2) is 80.9 Å². The van der Waals surface area contributed by atoms with Crippen LogP contribution in [0.25, 0.3) is 0 Å². The van der Waals surface area contributed by atoms with Gasteiger partial charge in [-0.15, -0.1) is 0 Å². The lowest BCUT2D eigenvalue weighted by molar-refractivity contribution is -0.268. The fraction of sp³-hybridized carbons (Fsp3) is 1.00. The average molecular weight is 1780 g/mol. The predicted molar refractivity (Wildman–Crippen MR) is 554 cm³/mol. The normalized spacial score (nSPS) is 24.4. The lowest BCUT2D eigenvalue weighted by atomic mass is 9.79. The van der Waals surface area contributed by atoms with Crippen molar-refractivity contribution in [2.45, 2.75) is 657 Å². The van der Waals surface area contributed by atoms with Gasteiger partial charge >= 0.3 is 0 Å². The van der Waals surface area contributed by atoms with E-state index in [2.05, 4.69) is 201 Å². The molecule has 0 radical (unpaired) electrons. The zero-order valence-corrected chi connectivity index (χ0v) is 91.3. The highest BCUT2D eigenvalue weighted by molar-refractivity contribution is 5.03. The Morgan fingerprint density at radius 2 is 0.492 bits per heavy atom. The highest BCUT2D eigenvalue weighted by Gasteiger charge is 2.54. The van der Waals surface area contributed by atoms with E-state index in [-0.39, 0.29) is 36.6 Å². The first kappa shape index (κ1) is 120. The minimum atomic E-state index is -0.908. The van der Waals surface area contributed by atoms with Crippen LogP contribution in [0.2, 0.25) is 0 Å². The molecule has 0 bridgehead atoms. The molecule has 0 aliphatic carbocycles. The third-order valence-corrected chi connectivity index (χ3v) is 33.2. The Balaban J connectivity index is 2.18. The smallest absolute Gasteiger partial charge is 0.0923 e. The van der Waals surface area contributed by atoms with Crippen LogP contribution >= 0.6 is 0 Å². The topological polar surface area (TPSA) is 86.6 Å². The lowest BCUT2D eigenvalue weighted by Crippen LogP contribution is -2.58. The Hall–Kier alpha value is -0.280. The second kappa shape index (κ2) is 66.3. The van der Waals surface area contributed by atoms with E-state index in [1.807, 2.05) is 0 Å². The predicted octanol–water partition coefficient (Wildman–Crippen LogP) is 37.4. The molecule has 0 saturated carbocycles. The van der Waals surface area contributed by atoms with E-state index in [4.69, 9.17) is 23.7 Å². The number of hydrogen-bond acceptors (Lipinski definition) is 7. The molecule has 0 aromatic heterocycles. The van der Waals surface area contributed by atoms with Crippen molar-refractivity contribution in [1.29, 1.82) is 0 Å². The summed E-state index contributed by atoms with van der Waals surface area (Å²) in [5, 5.41) is 25.1. The van der Waals surface area contributed by atoms with Crippen molar-refractivity contribution in [2.75, 3.05) is 0 Å². The van der Waals surface area contributed by atoms with Gasteiger partial charge < -0.3 is 33.9 Å². The molecule has 0 aromatic carbocycles. The summed E-state index contributed by atoms with van der Waals surface area (Å²) in [6.45, 7) is 70.4. The zero-order valence-electron chi connectivity index (χ0n) is 91.3. The third-order valence-electron chi connectivity index (χ3n) is 33.2. The van der Waals surface area contributed by atoms with Crippen LogP contribution in [0.15, 0.2) is 0 Å². The van der Waals surface area contributed by atoms with E-state index >= 15 is 0 Å². The first-order valence-corrected chi connectivity index (χ1v) is 57.2. The van der Waals surface area contributed by atoms with Gasteiger partial charge in [0.1, 0.15) is 0 Å². The maximum Gasteiger partial charge on any atom is 0.0923 e. The summed E-state index contributed by atoms with van der Waals surface area (Å²) < 4.78 is 40.1. The van der Waals surface area contributed by atoms with E-state index in [1.165, 1.54) is 263 Å². The van der Waals surface area contributed by atoms with Crippen molar-refractivity contribution >= 4 is 0 Å². The minimum absolute atomic E-state index is 0.0784. The van der Waals surface area contributed by atoms with Crippen LogP contribution in [-0.2, 0) is 23.7 Å². The van der Waals surface area contributed by atoms with Crippen molar-refractivity contribution < 1.29 is 33.9 Å². The Bertz CT molecular complexity index is 2540. The largest absolute Gasteiger partial charge is 0.390 e. The fourth-order valence-corrected chi connectivity index (χ4v) is 23.4. The maximum atomic E-state index is 12.8. The average Bonchev–Trinajstić information content (AvgIpc) is 1.53. The molecule has 24 atom stereocenters. The number of aliphatic hydroxyl groups excluding tert-OH is 1. The highest BCUT2D eigenvalue weighted by Crippen LogP contribution is 2.49. The second-order valence-corrected chi connectivity index (χ2v) is 50.7. The molecule has 0 spiro atoms. The van der Waals surface area contributed by atoms with Gasteiger partial charge in [-0.1, -0.05) is 474 Å². The molecule has 3 heterocycles. The first-order valence-electron chi connectivity index (χ1n) is 57.2. The zero-order chi connectivity index (χ0) is 93.9. The molecule has 0 aromatic rings. The van der Waals surface area contributed by atoms with Crippen LogP contribution in [0.5, 0.6) is 0 Å². The van der Waals surface area contributed by atoms with E-state index in [1.54, 1.807) is 0 Å². The lowest BCUT2D eigenvalue weighted by Gasteiger charge is -2.50. The van der Waals surface area contributed by atoms with Crippen molar-refractivity contribution in [1.82, 2.24) is 0 Å². The number of rotatable bonds is 81. The summed E-state index contributed by atoms with van der Waals surface area (Å²) in [6, 6.07) is 0. The molecule has 752 valence electrons. The summed E-state index contributed by atoms with van der Waals surface area (Å²) in [7, 11) is 0. The van der Waals surface area contributed by atoms with E-state index in [0.29, 0.717) is 35.5 Å². The molecule has 2 N–H and O–H groups in total. The van der Waals surface area contributed by atoms with Crippen LogP contribution in [0.4, 0.5) is 0 Å². The summed E-state index contributed by atoms with van der Waals surface area (Å²) in [5.41, 5.74) is -3.28. The number of hydrogen-bond donors (Lipinski definition) is 2. The first-order chi connectivity index (χ1) is 59.4. The van der Waals surface area contributed by atoms with E-state index in [0.717, 1.165) is 193 Å². The fourth-order valence-electron chi connectivity index (χ4n) is 23.4. The molecule has 3 fully saturated rings. The molecule has 24 unspecified atom stereocenters. The Kier molecular flexibility index (Phi) is 63.1. The molecule has 126 heavy (non-hydrogen) atoms. The number of ether oxygens (including phenoxy) is 5.